The number of alkyl halides is 3. The SMILES string of the molecule is CCn1c(-c2cncnc2C(F)(F)F)nc2ccc(Cl)nc21. The second kappa shape index (κ2) is 5.20. The fourth-order valence-electron chi connectivity index (χ4n) is 2.20. The summed E-state index contributed by atoms with van der Waals surface area (Å²) in [5.74, 6) is 0.111. The third-order valence-corrected chi connectivity index (χ3v) is 3.31. The van der Waals surface area contributed by atoms with Crippen molar-refractivity contribution in [2.24, 2.45) is 0 Å². The smallest absolute Gasteiger partial charge is 0.309 e. The first-order valence-electron chi connectivity index (χ1n) is 6.32. The average Bonchev–Trinajstić information content (AvgIpc) is 2.84. The van der Waals surface area contributed by atoms with E-state index in [-0.39, 0.29) is 16.5 Å². The van der Waals surface area contributed by atoms with E-state index in [0.717, 1.165) is 12.5 Å². The molecule has 0 saturated heterocycles. The summed E-state index contributed by atoms with van der Waals surface area (Å²) < 4.78 is 40.9. The van der Waals surface area contributed by atoms with Crippen molar-refractivity contribution in [2.45, 2.75) is 19.6 Å². The van der Waals surface area contributed by atoms with Gasteiger partial charge in [0.2, 0.25) is 0 Å². The molecule has 3 aromatic heterocycles. The Morgan fingerprint density at radius 2 is 2.00 bits per heavy atom. The van der Waals surface area contributed by atoms with Crippen molar-refractivity contribution in [1.82, 2.24) is 24.5 Å². The molecule has 114 valence electrons. The maximum absolute atomic E-state index is 13.1. The highest BCUT2D eigenvalue weighted by Gasteiger charge is 2.37. The summed E-state index contributed by atoms with van der Waals surface area (Å²) in [6.45, 7) is 2.16. The van der Waals surface area contributed by atoms with Gasteiger partial charge in [0.05, 0.1) is 5.56 Å². The van der Waals surface area contributed by atoms with Crippen molar-refractivity contribution < 1.29 is 13.2 Å². The maximum atomic E-state index is 13.1. The van der Waals surface area contributed by atoms with Gasteiger partial charge in [0.25, 0.3) is 0 Å². The molecule has 0 unspecified atom stereocenters. The molecule has 0 aliphatic carbocycles. The summed E-state index contributed by atoms with van der Waals surface area (Å²) in [5, 5.41) is 0.244. The molecule has 0 bridgehead atoms. The van der Waals surface area contributed by atoms with Gasteiger partial charge in [-0.3, -0.25) is 0 Å². The van der Waals surface area contributed by atoms with Gasteiger partial charge in [-0.1, -0.05) is 11.6 Å². The van der Waals surface area contributed by atoms with Gasteiger partial charge >= 0.3 is 6.18 Å². The summed E-state index contributed by atoms with van der Waals surface area (Å²) in [5.41, 5.74) is -0.343. The molecule has 3 rings (SSSR count). The predicted octanol–water partition coefficient (Wildman–Crippen LogP) is 3.58. The zero-order valence-corrected chi connectivity index (χ0v) is 12.0. The Kier molecular flexibility index (Phi) is 3.48. The molecule has 0 aromatic carbocycles. The third-order valence-electron chi connectivity index (χ3n) is 3.10. The molecule has 22 heavy (non-hydrogen) atoms. The molecule has 5 nitrogen and oxygen atoms in total. The molecule has 9 heteroatoms. The molecule has 0 fully saturated rings. The first-order chi connectivity index (χ1) is 10.4. The van der Waals surface area contributed by atoms with Crippen molar-refractivity contribution in [1.29, 1.82) is 0 Å². The molecule has 0 spiro atoms. The molecule has 3 heterocycles. The van der Waals surface area contributed by atoms with Crippen LogP contribution >= 0.6 is 11.6 Å². The van der Waals surface area contributed by atoms with Crippen LogP contribution in [0.2, 0.25) is 5.15 Å². The minimum atomic E-state index is -4.60. The standard InChI is InChI=1S/C13H9ClF3N5/c1-2-22-11(20-8-3-4-9(14)21-12(8)22)7-5-18-6-19-10(7)13(15,16)17/h3-6H,2H2,1H3. The number of rotatable bonds is 2. The number of pyridine rings is 1. The fourth-order valence-corrected chi connectivity index (χ4v) is 2.35. The van der Waals surface area contributed by atoms with Crippen molar-refractivity contribution >= 4 is 22.8 Å². The Balaban J connectivity index is 2.32. The van der Waals surface area contributed by atoms with Crippen molar-refractivity contribution in [3.63, 3.8) is 0 Å². The topological polar surface area (TPSA) is 56.5 Å². The van der Waals surface area contributed by atoms with Gasteiger partial charge in [-0.25, -0.2) is 19.9 Å². The Morgan fingerprint density at radius 1 is 1.23 bits per heavy atom. The largest absolute Gasteiger partial charge is 0.434 e. The fraction of sp³-hybridized carbons (Fsp3) is 0.231. The van der Waals surface area contributed by atoms with Crippen molar-refractivity contribution in [3.8, 4) is 11.4 Å². The van der Waals surface area contributed by atoms with E-state index in [1.807, 2.05) is 0 Å². The number of hydrogen-bond donors (Lipinski definition) is 0. The van der Waals surface area contributed by atoms with Crippen LogP contribution in [0.15, 0.2) is 24.7 Å². The van der Waals surface area contributed by atoms with Gasteiger partial charge < -0.3 is 4.57 Å². The van der Waals surface area contributed by atoms with E-state index in [0.29, 0.717) is 17.7 Å². The third kappa shape index (κ3) is 2.39. The summed E-state index contributed by atoms with van der Waals surface area (Å²) in [6.07, 6.45) is -2.63. The normalized spacial score (nSPS) is 12.0. The first kappa shape index (κ1) is 14.7. The van der Waals surface area contributed by atoms with E-state index in [1.165, 1.54) is 6.07 Å². The number of nitrogens with zero attached hydrogens (tertiary/aromatic N) is 5. The Bertz CT molecular complexity index is 843. The Morgan fingerprint density at radius 3 is 2.68 bits per heavy atom. The van der Waals surface area contributed by atoms with Crippen LogP contribution in [0.25, 0.3) is 22.6 Å². The quantitative estimate of drug-likeness (QED) is 0.675. The minimum absolute atomic E-state index is 0.111. The lowest BCUT2D eigenvalue weighted by Crippen LogP contribution is -2.12. The van der Waals surface area contributed by atoms with Gasteiger partial charge in [0, 0.05) is 12.7 Å². The maximum Gasteiger partial charge on any atom is 0.434 e. The number of fused-ring (bicyclic) bond motifs is 1. The van der Waals surface area contributed by atoms with Gasteiger partial charge in [-0.2, -0.15) is 13.2 Å². The van der Waals surface area contributed by atoms with E-state index < -0.39 is 11.9 Å². The molecule has 0 aliphatic rings. The van der Waals surface area contributed by atoms with Crippen LogP contribution in [0.3, 0.4) is 0 Å². The predicted molar refractivity (Wildman–Crippen MR) is 74.2 cm³/mol. The zero-order chi connectivity index (χ0) is 15.9. The zero-order valence-electron chi connectivity index (χ0n) is 11.3. The molecule has 0 saturated carbocycles. The highest BCUT2D eigenvalue weighted by Crippen LogP contribution is 2.35. The van der Waals surface area contributed by atoms with E-state index >= 15 is 0 Å². The van der Waals surface area contributed by atoms with Gasteiger partial charge in [-0.15, -0.1) is 0 Å². The summed E-state index contributed by atoms with van der Waals surface area (Å²) in [6, 6.07) is 3.14. The van der Waals surface area contributed by atoms with Crippen LogP contribution < -0.4 is 0 Å². The molecule has 0 atom stereocenters. The van der Waals surface area contributed by atoms with E-state index in [2.05, 4.69) is 19.9 Å². The van der Waals surface area contributed by atoms with Crippen LogP contribution in [0, 0.1) is 0 Å². The van der Waals surface area contributed by atoms with Crippen LogP contribution in [0.1, 0.15) is 12.6 Å². The Labute approximate surface area is 127 Å². The van der Waals surface area contributed by atoms with Crippen LogP contribution in [-0.4, -0.2) is 24.5 Å². The number of aryl methyl sites for hydroxylation is 1. The van der Waals surface area contributed by atoms with Gasteiger partial charge in [0.15, 0.2) is 11.3 Å². The average molecular weight is 328 g/mol. The lowest BCUT2D eigenvalue weighted by atomic mass is 10.2. The molecule has 0 aliphatic heterocycles. The number of aromatic nitrogens is 5. The van der Waals surface area contributed by atoms with Crippen molar-refractivity contribution in [2.75, 3.05) is 0 Å². The lowest BCUT2D eigenvalue weighted by Gasteiger charge is -2.11. The van der Waals surface area contributed by atoms with Crippen LogP contribution in [0.4, 0.5) is 13.2 Å². The van der Waals surface area contributed by atoms with Gasteiger partial charge in [-0.05, 0) is 19.1 Å². The number of hydrogen-bond acceptors (Lipinski definition) is 4. The highest BCUT2D eigenvalue weighted by molar-refractivity contribution is 6.29. The van der Waals surface area contributed by atoms with Gasteiger partial charge in [0.1, 0.15) is 22.8 Å². The summed E-state index contributed by atoms with van der Waals surface area (Å²) in [4.78, 5) is 15.4. The Hall–Kier alpha value is -2.22. The monoisotopic (exact) mass is 327 g/mol. The first-order valence-corrected chi connectivity index (χ1v) is 6.70. The molecular formula is C13H9ClF3N5. The molecule has 0 radical (unpaired) electrons. The second-order valence-corrected chi connectivity index (χ2v) is 4.83. The van der Waals surface area contributed by atoms with Crippen LogP contribution in [-0.2, 0) is 12.7 Å². The number of halogens is 4. The van der Waals surface area contributed by atoms with Crippen LogP contribution in [0.5, 0.6) is 0 Å². The lowest BCUT2D eigenvalue weighted by molar-refractivity contribution is -0.140. The highest BCUT2D eigenvalue weighted by atomic mass is 35.5. The second-order valence-electron chi connectivity index (χ2n) is 4.44. The van der Waals surface area contributed by atoms with E-state index in [1.54, 1.807) is 17.6 Å². The minimum Gasteiger partial charge on any atom is -0.309 e. The molecular weight excluding hydrogens is 319 g/mol. The molecule has 0 N–H and O–H groups in total. The molecule has 0 amide bonds. The number of imidazole rings is 1. The van der Waals surface area contributed by atoms with E-state index in [4.69, 9.17) is 11.6 Å². The summed E-state index contributed by atoms with van der Waals surface area (Å²) >= 11 is 5.85. The summed E-state index contributed by atoms with van der Waals surface area (Å²) in [7, 11) is 0. The van der Waals surface area contributed by atoms with Crippen molar-refractivity contribution in [3.05, 3.63) is 35.5 Å². The van der Waals surface area contributed by atoms with E-state index in [9.17, 15) is 13.2 Å². The molecule has 3 aromatic rings.